The van der Waals surface area contributed by atoms with E-state index in [4.69, 9.17) is 9.05 Å². The van der Waals surface area contributed by atoms with Crippen LogP contribution >= 0.6 is 7.82 Å². The van der Waals surface area contributed by atoms with Crippen molar-refractivity contribution in [3.05, 3.63) is 12.2 Å². The van der Waals surface area contributed by atoms with Crippen LogP contribution in [0.1, 0.15) is 187 Å². The van der Waals surface area contributed by atoms with Crippen molar-refractivity contribution >= 4 is 13.7 Å². The van der Waals surface area contributed by atoms with Gasteiger partial charge in [-0.1, -0.05) is 180 Å². The van der Waals surface area contributed by atoms with E-state index in [0.29, 0.717) is 11.0 Å². The monoisotopic (exact) mass is 718 g/mol. The predicted octanol–water partition coefficient (Wildman–Crippen LogP) is 10.8. The quantitative estimate of drug-likeness (QED) is 0.0256. The summed E-state index contributed by atoms with van der Waals surface area (Å²) in [5, 5.41) is 13.3. The third kappa shape index (κ3) is 35.4. The Bertz CT molecular complexity index is 819. The highest BCUT2D eigenvalue weighted by Crippen LogP contribution is 2.43. The van der Waals surface area contributed by atoms with Crippen LogP contribution in [0.2, 0.25) is 0 Å². The highest BCUT2D eigenvalue weighted by molar-refractivity contribution is 7.47. The Balaban J connectivity index is 3.73. The number of carbonyl (C=O) groups excluding carboxylic acids is 1. The number of phosphoric acid groups is 1. The van der Waals surface area contributed by atoms with Gasteiger partial charge in [-0.2, -0.15) is 0 Å². The Morgan fingerprint density at radius 2 is 1.06 bits per heavy atom. The van der Waals surface area contributed by atoms with Crippen molar-refractivity contribution in [3.8, 4) is 0 Å². The first-order valence-corrected chi connectivity index (χ1v) is 22.1. The summed E-state index contributed by atoms with van der Waals surface area (Å²) < 4.78 is 23.0. The molecule has 1 amide bonds. The molecule has 0 aliphatic carbocycles. The lowest BCUT2D eigenvalue weighted by atomic mass is 10.0. The minimum absolute atomic E-state index is 0.0608. The zero-order valence-electron chi connectivity index (χ0n) is 32.9. The molecule has 0 aromatic carbocycles. The summed E-state index contributed by atoms with van der Waals surface area (Å²) in [6.07, 6.45) is 38.1. The molecule has 0 aromatic heterocycles. The van der Waals surface area contributed by atoms with Gasteiger partial charge in [0.2, 0.25) is 5.91 Å². The number of likely N-dealkylation sites (N-methyl/N-ethyl adjacent to an activating group) is 1. The Hall–Kier alpha value is -0.760. The molecule has 292 valence electrons. The smallest absolute Gasteiger partial charge is 0.387 e. The van der Waals surface area contributed by atoms with Crippen molar-refractivity contribution in [1.82, 2.24) is 5.32 Å². The lowest BCUT2D eigenvalue weighted by Gasteiger charge is -2.25. The van der Waals surface area contributed by atoms with Crippen LogP contribution in [0, 0.1) is 0 Å². The minimum atomic E-state index is -4.29. The second kappa shape index (κ2) is 33.1. The van der Waals surface area contributed by atoms with Crippen LogP contribution in [0.25, 0.3) is 0 Å². The van der Waals surface area contributed by atoms with Crippen molar-refractivity contribution < 1.29 is 32.9 Å². The zero-order chi connectivity index (χ0) is 36.5. The number of carbonyl (C=O) groups is 1. The molecule has 0 saturated carbocycles. The number of phosphoric ester groups is 1. The average Bonchev–Trinajstić information content (AvgIpc) is 3.05. The lowest BCUT2D eigenvalue weighted by Crippen LogP contribution is -2.45. The maximum absolute atomic E-state index is 12.3. The number of aliphatic hydroxyl groups excluding tert-OH is 1. The van der Waals surface area contributed by atoms with E-state index < -0.39 is 20.0 Å². The van der Waals surface area contributed by atoms with E-state index in [1.54, 1.807) is 13.0 Å². The molecule has 0 spiro atoms. The van der Waals surface area contributed by atoms with Crippen LogP contribution in [0.5, 0.6) is 0 Å². The first-order chi connectivity index (χ1) is 23.5. The van der Waals surface area contributed by atoms with Crippen LogP contribution in [0.4, 0.5) is 0 Å². The topological polar surface area (TPSA) is 105 Å². The van der Waals surface area contributed by atoms with Crippen molar-refractivity contribution in [3.63, 3.8) is 0 Å². The highest BCUT2D eigenvalue weighted by Gasteiger charge is 2.27. The largest absolute Gasteiger partial charge is 0.472 e. The van der Waals surface area contributed by atoms with Gasteiger partial charge in [0.15, 0.2) is 0 Å². The molecule has 0 fully saturated rings. The molecule has 0 aliphatic heterocycles. The van der Waals surface area contributed by atoms with E-state index >= 15 is 0 Å². The molecule has 0 bridgehead atoms. The second-order valence-electron chi connectivity index (χ2n) is 15.3. The van der Waals surface area contributed by atoms with Gasteiger partial charge in [0.05, 0.1) is 39.9 Å². The van der Waals surface area contributed by atoms with Crippen molar-refractivity contribution in [2.45, 2.75) is 199 Å². The molecule has 0 radical (unpaired) electrons. The molecule has 0 rings (SSSR count). The number of unbranched alkanes of at least 4 members (excludes halogenated alkanes) is 25. The maximum atomic E-state index is 12.3. The van der Waals surface area contributed by atoms with E-state index in [1.807, 2.05) is 27.2 Å². The summed E-state index contributed by atoms with van der Waals surface area (Å²) in [7, 11) is 1.57. The summed E-state index contributed by atoms with van der Waals surface area (Å²) in [6.45, 7) is 4.27. The van der Waals surface area contributed by atoms with E-state index in [0.717, 1.165) is 19.3 Å². The lowest BCUT2D eigenvalue weighted by molar-refractivity contribution is -0.870. The van der Waals surface area contributed by atoms with Gasteiger partial charge in [-0.15, -0.1) is 0 Å². The third-order valence-corrected chi connectivity index (χ3v) is 10.3. The molecule has 0 aromatic rings. The zero-order valence-corrected chi connectivity index (χ0v) is 33.8. The van der Waals surface area contributed by atoms with Crippen LogP contribution in [-0.4, -0.2) is 73.4 Å². The summed E-state index contributed by atoms with van der Waals surface area (Å²) in [4.78, 5) is 22.0. The Kier molecular flexibility index (Phi) is 32.6. The molecule has 49 heavy (non-hydrogen) atoms. The molecule has 8 nitrogen and oxygen atoms in total. The number of hydrogen-bond acceptors (Lipinski definition) is 5. The van der Waals surface area contributed by atoms with Gasteiger partial charge in [-0.05, 0) is 12.8 Å². The van der Waals surface area contributed by atoms with Crippen molar-refractivity contribution in [2.24, 2.45) is 0 Å². The SMILES string of the molecule is CCCCCCCCCCCCCCCCCCCCCCCCCCC/C=C/C(O)C(COP(=O)(O)OCC[N+](C)(C)C)NC(=O)CC. The number of hydrogen-bond donors (Lipinski definition) is 3. The minimum Gasteiger partial charge on any atom is -0.387 e. The van der Waals surface area contributed by atoms with Gasteiger partial charge in [0.25, 0.3) is 0 Å². The second-order valence-corrected chi connectivity index (χ2v) is 16.8. The number of amides is 1. The number of allylic oxidation sites excluding steroid dienone is 1. The predicted molar refractivity (Wildman–Crippen MR) is 208 cm³/mol. The molecular weight excluding hydrogens is 635 g/mol. The van der Waals surface area contributed by atoms with Gasteiger partial charge >= 0.3 is 7.82 Å². The number of nitrogens with one attached hydrogen (secondary N) is 1. The van der Waals surface area contributed by atoms with Crippen molar-refractivity contribution in [2.75, 3.05) is 40.9 Å². The first-order valence-electron chi connectivity index (χ1n) is 20.6. The Labute approximate surface area is 303 Å². The van der Waals surface area contributed by atoms with E-state index in [2.05, 4.69) is 12.2 Å². The molecule has 0 aliphatic rings. The van der Waals surface area contributed by atoms with Gasteiger partial charge in [0.1, 0.15) is 13.2 Å². The van der Waals surface area contributed by atoms with Crippen LogP contribution in [0.15, 0.2) is 12.2 Å². The van der Waals surface area contributed by atoms with Gasteiger partial charge in [-0.25, -0.2) is 4.57 Å². The Morgan fingerprint density at radius 3 is 1.43 bits per heavy atom. The van der Waals surface area contributed by atoms with E-state index in [1.165, 1.54) is 148 Å². The fraction of sp³-hybridized carbons (Fsp3) is 0.925. The summed E-state index contributed by atoms with van der Waals surface area (Å²) in [6, 6.07) is -0.838. The average molecular weight is 718 g/mol. The first kappa shape index (κ1) is 48.2. The van der Waals surface area contributed by atoms with Gasteiger partial charge in [-0.3, -0.25) is 13.8 Å². The molecular formula is C40H82N2O6P+. The standard InChI is InChI=1S/C40H81N2O6P/c1-6-8-9-10-11-12-13-14-15-16-17-18-19-20-21-22-23-24-25-26-27-28-29-30-31-32-33-34-39(43)38(41-40(44)7-2)37-48-49(45,46)47-36-35-42(3,4)5/h33-34,38-39,43H,6-32,35-37H2,1-5H3,(H-,41,44,45,46)/p+1/b34-33+. The molecule has 0 heterocycles. The van der Waals surface area contributed by atoms with Crippen LogP contribution in [-0.2, 0) is 18.4 Å². The van der Waals surface area contributed by atoms with Crippen LogP contribution < -0.4 is 5.32 Å². The van der Waals surface area contributed by atoms with Crippen LogP contribution in [0.3, 0.4) is 0 Å². The van der Waals surface area contributed by atoms with Gasteiger partial charge < -0.3 is 19.8 Å². The van der Waals surface area contributed by atoms with Crippen molar-refractivity contribution in [1.29, 1.82) is 0 Å². The number of nitrogens with zero attached hydrogens (tertiary/aromatic N) is 1. The normalized spacial score (nSPS) is 14.7. The number of aliphatic hydroxyl groups is 1. The number of quaternary nitrogens is 1. The molecule has 3 unspecified atom stereocenters. The molecule has 9 heteroatoms. The van der Waals surface area contributed by atoms with Gasteiger partial charge in [0, 0.05) is 6.42 Å². The highest BCUT2D eigenvalue weighted by atomic mass is 31.2. The molecule has 3 N–H and O–H groups in total. The molecule has 3 atom stereocenters. The fourth-order valence-electron chi connectivity index (χ4n) is 5.95. The van der Waals surface area contributed by atoms with E-state index in [9.17, 15) is 19.4 Å². The van der Waals surface area contributed by atoms with E-state index in [-0.39, 0.29) is 25.5 Å². The third-order valence-electron chi connectivity index (χ3n) is 9.32. The Morgan fingerprint density at radius 1 is 0.673 bits per heavy atom. The summed E-state index contributed by atoms with van der Waals surface area (Å²) in [5.74, 6) is -0.264. The number of rotatable bonds is 37. The molecule has 0 saturated heterocycles. The summed E-state index contributed by atoms with van der Waals surface area (Å²) in [5.41, 5.74) is 0. The summed E-state index contributed by atoms with van der Waals surface area (Å²) >= 11 is 0. The maximum Gasteiger partial charge on any atom is 0.472 e. The fourth-order valence-corrected chi connectivity index (χ4v) is 6.68.